The van der Waals surface area contributed by atoms with E-state index in [1.807, 2.05) is 40.2 Å². The van der Waals surface area contributed by atoms with E-state index in [-0.39, 0.29) is 48.9 Å². The van der Waals surface area contributed by atoms with E-state index in [1.165, 1.54) is 33.5 Å². The number of aliphatic hydroxyl groups excluding tert-OH is 1. The van der Waals surface area contributed by atoms with Crippen molar-refractivity contribution in [1.82, 2.24) is 4.98 Å². The quantitative estimate of drug-likeness (QED) is 0.0818. The summed E-state index contributed by atoms with van der Waals surface area (Å²) in [5.74, 6) is 1.11. The number of carbonyl (C=O) groups is 1. The molecule has 49 heavy (non-hydrogen) atoms. The Morgan fingerprint density at radius 3 is 2.22 bits per heavy atom. The molecule has 0 unspecified atom stereocenters. The van der Waals surface area contributed by atoms with E-state index in [9.17, 15) is 9.90 Å². The fourth-order valence-electron chi connectivity index (χ4n) is 6.50. The predicted octanol–water partition coefficient (Wildman–Crippen LogP) is 12.5. The Labute approximate surface area is 307 Å². The van der Waals surface area contributed by atoms with Crippen LogP contribution in [0.1, 0.15) is 99.1 Å². The fourth-order valence-corrected chi connectivity index (χ4v) is 6.50. The van der Waals surface area contributed by atoms with Crippen LogP contribution in [-0.2, 0) is 36.7 Å². The van der Waals surface area contributed by atoms with Crippen LogP contribution in [0.3, 0.4) is 0 Å². The van der Waals surface area contributed by atoms with Crippen LogP contribution in [0.4, 0.5) is 0 Å². The third-order valence-corrected chi connectivity index (χ3v) is 9.32. The fraction of sp³-hybridized carbons (Fsp3) is 0.409. The molecule has 0 aliphatic heterocycles. The van der Waals surface area contributed by atoms with Gasteiger partial charge < -0.3 is 9.52 Å². The summed E-state index contributed by atoms with van der Waals surface area (Å²) in [6, 6.07) is 25.0. The Hall–Kier alpha value is -3.53. The first-order valence-corrected chi connectivity index (χ1v) is 17.8. The van der Waals surface area contributed by atoms with Gasteiger partial charge in [0.15, 0.2) is 5.78 Å². The van der Waals surface area contributed by atoms with E-state index in [0.29, 0.717) is 5.92 Å². The van der Waals surface area contributed by atoms with E-state index in [4.69, 9.17) is 9.40 Å². The number of furan rings is 1. The number of hydrogen-bond donors (Lipinski definition) is 1. The van der Waals surface area contributed by atoms with E-state index in [0.717, 1.165) is 59.9 Å². The van der Waals surface area contributed by atoms with Gasteiger partial charge in [0.1, 0.15) is 5.58 Å². The summed E-state index contributed by atoms with van der Waals surface area (Å²) in [4.78, 5) is 16.5. The van der Waals surface area contributed by atoms with Gasteiger partial charge in [-0.1, -0.05) is 110 Å². The van der Waals surface area contributed by atoms with E-state index in [2.05, 4.69) is 101 Å². The van der Waals surface area contributed by atoms with Crippen LogP contribution in [0.2, 0.25) is 0 Å². The second-order valence-electron chi connectivity index (χ2n) is 14.4. The molecule has 1 radical (unpaired) electrons. The predicted molar refractivity (Wildman–Crippen MR) is 202 cm³/mol. The minimum atomic E-state index is 0. The van der Waals surface area contributed by atoms with Gasteiger partial charge in [-0.05, 0) is 72.3 Å². The van der Waals surface area contributed by atoms with Gasteiger partial charge >= 0.3 is 0 Å². The first-order valence-electron chi connectivity index (χ1n) is 17.8. The Morgan fingerprint density at radius 1 is 0.918 bits per heavy atom. The van der Waals surface area contributed by atoms with Crippen molar-refractivity contribution < 1.29 is 34.4 Å². The summed E-state index contributed by atoms with van der Waals surface area (Å²) in [6.45, 7) is 19.3. The number of pyridine rings is 1. The van der Waals surface area contributed by atoms with E-state index >= 15 is 0 Å². The molecule has 3 aromatic carbocycles. The molecule has 0 aliphatic rings. The summed E-state index contributed by atoms with van der Waals surface area (Å²) < 4.78 is 5.91. The van der Waals surface area contributed by atoms with Crippen LogP contribution in [0.5, 0.6) is 0 Å². The third-order valence-electron chi connectivity index (χ3n) is 9.32. The Morgan fingerprint density at radius 2 is 1.59 bits per heavy atom. The van der Waals surface area contributed by atoms with Crippen LogP contribution in [0.25, 0.3) is 44.1 Å². The molecule has 2 heterocycles. The van der Waals surface area contributed by atoms with E-state index < -0.39 is 0 Å². The Kier molecular flexibility index (Phi) is 14.6. The molecule has 0 amide bonds. The molecule has 0 fully saturated rings. The first kappa shape index (κ1) is 39.9. The van der Waals surface area contributed by atoms with Gasteiger partial charge in [0, 0.05) is 55.3 Å². The molecule has 0 bridgehead atoms. The van der Waals surface area contributed by atoms with Gasteiger partial charge in [-0.15, -0.1) is 29.1 Å². The number of nitrogens with zero attached hydrogens (tertiary/aromatic N) is 1. The summed E-state index contributed by atoms with van der Waals surface area (Å²) >= 11 is 0. The molecular formula is C44H54IrNO3-. The van der Waals surface area contributed by atoms with Crippen molar-refractivity contribution in [1.29, 1.82) is 0 Å². The number of allylic oxidation sites excluding steroid dienone is 2. The van der Waals surface area contributed by atoms with Gasteiger partial charge in [-0.25, -0.2) is 0 Å². The summed E-state index contributed by atoms with van der Waals surface area (Å²) in [5.41, 5.74) is 7.85. The second-order valence-corrected chi connectivity index (χ2v) is 14.4. The maximum absolute atomic E-state index is 11.7. The van der Waals surface area contributed by atoms with Gasteiger partial charge in [0.25, 0.3) is 0 Å². The molecule has 0 saturated carbocycles. The van der Waals surface area contributed by atoms with Crippen molar-refractivity contribution >= 4 is 27.5 Å². The van der Waals surface area contributed by atoms with Crippen LogP contribution < -0.4 is 0 Å². The maximum atomic E-state index is 11.7. The minimum absolute atomic E-state index is 0. The van der Waals surface area contributed by atoms with Gasteiger partial charge in [0.2, 0.25) is 0 Å². The number of carbonyl (C=O) groups excluding carboxylic acids is 1. The molecule has 2 aromatic heterocycles. The zero-order chi connectivity index (χ0) is 35.0. The molecule has 1 N–H and O–H groups in total. The number of benzene rings is 3. The molecule has 0 spiro atoms. The standard InChI is InChI=1S/C31H30NO.C13H24O2.Ir/c1-20(2)15-24-19-33-29-12-8-11-26(30(24)29)22-13-14-32-28(18-22)23-16-21-9-6-7-10-25(21)27(17-23)31(3,4)5;1-5-10(6-2)12(14)9-13(15)11(7-3)8-4;/h6-14,17-20H,15H2,1-5H3;9-11,14H,5-8H2,1-4H3;/q-1;;/b;12-9-;. The smallest absolute Gasteiger partial charge is 0.162 e. The van der Waals surface area contributed by atoms with Crippen molar-refractivity contribution in [2.45, 2.75) is 99.8 Å². The second kappa shape index (κ2) is 17.9. The van der Waals surface area contributed by atoms with Crippen LogP contribution in [-0.4, -0.2) is 15.9 Å². The summed E-state index contributed by atoms with van der Waals surface area (Å²) in [5, 5.41) is 13.4. The number of aromatic nitrogens is 1. The molecule has 5 rings (SSSR count). The van der Waals surface area contributed by atoms with Crippen LogP contribution in [0, 0.1) is 23.8 Å². The molecule has 0 aliphatic carbocycles. The Bertz CT molecular complexity index is 1850. The normalized spacial score (nSPS) is 12.0. The van der Waals surface area contributed by atoms with Crippen LogP contribution in [0.15, 0.2) is 89.4 Å². The molecule has 5 heteroatoms. The number of rotatable bonds is 11. The molecule has 0 saturated heterocycles. The average molecular weight is 837 g/mol. The number of fused-ring (bicyclic) bond motifs is 2. The first-order chi connectivity index (χ1) is 22.9. The van der Waals surface area contributed by atoms with E-state index in [1.54, 1.807) is 0 Å². The average Bonchev–Trinajstić information content (AvgIpc) is 3.47. The molecule has 263 valence electrons. The number of hydrogen-bond acceptors (Lipinski definition) is 4. The summed E-state index contributed by atoms with van der Waals surface area (Å²) in [6.07, 6.45) is 9.73. The zero-order valence-corrected chi connectivity index (χ0v) is 33.2. The topological polar surface area (TPSA) is 63.3 Å². The Balaban J connectivity index is 0.000000347. The molecular weight excluding hydrogens is 783 g/mol. The van der Waals surface area contributed by atoms with Gasteiger partial charge in [-0.3, -0.25) is 9.78 Å². The van der Waals surface area contributed by atoms with Crippen molar-refractivity contribution in [2.24, 2.45) is 17.8 Å². The monoisotopic (exact) mass is 837 g/mol. The van der Waals surface area contributed by atoms with Gasteiger partial charge in [0.05, 0.1) is 12.0 Å². The zero-order valence-electron chi connectivity index (χ0n) is 30.8. The third kappa shape index (κ3) is 9.80. The molecule has 4 nitrogen and oxygen atoms in total. The van der Waals surface area contributed by atoms with Crippen molar-refractivity contribution in [2.75, 3.05) is 0 Å². The van der Waals surface area contributed by atoms with Gasteiger partial charge in [-0.2, -0.15) is 0 Å². The van der Waals surface area contributed by atoms with Crippen molar-refractivity contribution in [3.63, 3.8) is 0 Å². The number of aliphatic hydroxyl groups is 1. The largest absolute Gasteiger partial charge is 0.512 e. The summed E-state index contributed by atoms with van der Waals surface area (Å²) in [7, 11) is 0. The molecule has 0 atom stereocenters. The van der Waals surface area contributed by atoms with Crippen molar-refractivity contribution in [3.05, 3.63) is 102 Å². The minimum Gasteiger partial charge on any atom is -0.512 e. The van der Waals surface area contributed by atoms with Crippen molar-refractivity contribution in [3.8, 4) is 22.4 Å². The number of ketones is 1. The molecule has 5 aromatic rings. The SMILES string of the molecule is CC(C)Cc1coc2cccc(-c3ccnc(-c4[c-]c5ccccc5c(C(C)(C)C)c4)c3)c12.CCC(CC)C(=O)/C=C(\O)C(CC)CC.[Ir]. The maximum Gasteiger partial charge on any atom is 0.162 e. The van der Waals surface area contributed by atoms with Crippen LogP contribution >= 0.6 is 0 Å².